The number of ether oxygens (including phenoxy) is 1. The topological polar surface area (TPSA) is 75.7 Å². The summed E-state index contributed by atoms with van der Waals surface area (Å²) in [5, 5.41) is 2.84. The normalized spacial score (nSPS) is 14.7. The van der Waals surface area contributed by atoms with Gasteiger partial charge in [-0.2, -0.15) is 4.31 Å². The lowest BCUT2D eigenvalue weighted by Crippen LogP contribution is -2.29. The Morgan fingerprint density at radius 1 is 1.03 bits per heavy atom. The van der Waals surface area contributed by atoms with E-state index < -0.39 is 10.0 Å². The highest BCUT2D eigenvalue weighted by Gasteiger charge is 2.26. The number of amides is 1. The van der Waals surface area contributed by atoms with Crippen molar-refractivity contribution in [1.29, 1.82) is 0 Å². The van der Waals surface area contributed by atoms with Gasteiger partial charge in [0.05, 0.1) is 17.9 Å². The minimum absolute atomic E-state index is 0.0519. The van der Waals surface area contributed by atoms with Crippen molar-refractivity contribution in [2.45, 2.75) is 38.0 Å². The number of benzene rings is 2. The molecule has 2 aromatic rings. The van der Waals surface area contributed by atoms with Crippen molar-refractivity contribution in [2.75, 3.05) is 26.2 Å². The van der Waals surface area contributed by atoms with E-state index in [0.29, 0.717) is 38.4 Å². The summed E-state index contributed by atoms with van der Waals surface area (Å²) in [5.74, 6) is 0.526. The van der Waals surface area contributed by atoms with Crippen LogP contribution >= 0.6 is 0 Å². The molecule has 0 spiro atoms. The van der Waals surface area contributed by atoms with Crippen LogP contribution in [0.15, 0.2) is 47.4 Å². The van der Waals surface area contributed by atoms with Crippen LogP contribution in [-0.2, 0) is 21.2 Å². The van der Waals surface area contributed by atoms with Crippen molar-refractivity contribution in [1.82, 2.24) is 9.62 Å². The molecule has 0 aromatic heterocycles. The molecule has 1 amide bonds. The van der Waals surface area contributed by atoms with Gasteiger partial charge in [-0.1, -0.05) is 18.2 Å². The molecule has 1 N–H and O–H groups in total. The maximum absolute atomic E-state index is 12.5. The summed E-state index contributed by atoms with van der Waals surface area (Å²) < 4.78 is 32.1. The summed E-state index contributed by atoms with van der Waals surface area (Å²) in [6, 6.07) is 12.5. The van der Waals surface area contributed by atoms with E-state index in [0.717, 1.165) is 18.4 Å². The number of nitrogens with zero attached hydrogens (tertiary/aromatic N) is 1. The van der Waals surface area contributed by atoms with E-state index >= 15 is 0 Å². The first-order chi connectivity index (χ1) is 13.9. The number of hydrogen-bond donors (Lipinski definition) is 1. The van der Waals surface area contributed by atoms with E-state index in [9.17, 15) is 13.2 Å². The molecule has 0 aliphatic carbocycles. The molecule has 1 heterocycles. The van der Waals surface area contributed by atoms with Crippen LogP contribution in [0.25, 0.3) is 0 Å². The largest absolute Gasteiger partial charge is 0.492 e. The van der Waals surface area contributed by atoms with Crippen LogP contribution in [-0.4, -0.2) is 44.9 Å². The number of aryl methyl sites for hydroxylation is 2. The molecule has 1 aliphatic heterocycles. The lowest BCUT2D eigenvalue weighted by atomic mass is 10.0. The zero-order valence-corrected chi connectivity index (χ0v) is 17.8. The number of rotatable bonds is 8. The number of carbonyl (C=O) groups excluding carboxylic acids is 1. The monoisotopic (exact) mass is 416 g/mol. The molecule has 1 saturated heterocycles. The van der Waals surface area contributed by atoms with Gasteiger partial charge in [-0.3, -0.25) is 4.79 Å². The first-order valence-corrected chi connectivity index (χ1v) is 11.4. The van der Waals surface area contributed by atoms with Crippen LogP contribution in [0.1, 0.15) is 29.5 Å². The van der Waals surface area contributed by atoms with Gasteiger partial charge >= 0.3 is 0 Å². The zero-order chi connectivity index (χ0) is 20.9. The molecular formula is C22H28N2O4S. The van der Waals surface area contributed by atoms with Crippen molar-refractivity contribution in [2.24, 2.45) is 0 Å². The second-order valence-corrected chi connectivity index (χ2v) is 9.31. The molecule has 29 heavy (non-hydrogen) atoms. The molecular weight excluding hydrogens is 388 g/mol. The summed E-state index contributed by atoms with van der Waals surface area (Å²) in [7, 11) is -3.41. The molecule has 0 saturated carbocycles. The Morgan fingerprint density at radius 3 is 2.38 bits per heavy atom. The Labute approximate surface area is 172 Å². The fourth-order valence-electron chi connectivity index (χ4n) is 3.31. The van der Waals surface area contributed by atoms with E-state index in [1.807, 2.05) is 32.0 Å². The van der Waals surface area contributed by atoms with Gasteiger partial charge in [0.15, 0.2) is 0 Å². The lowest BCUT2D eigenvalue weighted by Gasteiger charge is -2.15. The standard InChI is InChI=1S/C22H28N2O4S/c1-17-5-6-19(15-18(17)2)16-22(25)23-11-14-28-20-7-9-21(10-8-20)29(26,27)24-12-3-4-13-24/h5-10,15H,3-4,11-14,16H2,1-2H3,(H,23,25). The third kappa shape index (κ3) is 5.58. The Hall–Kier alpha value is -2.38. The van der Waals surface area contributed by atoms with Gasteiger partial charge < -0.3 is 10.1 Å². The van der Waals surface area contributed by atoms with Crippen molar-refractivity contribution in [3.63, 3.8) is 0 Å². The fraction of sp³-hybridized carbons (Fsp3) is 0.409. The lowest BCUT2D eigenvalue weighted by molar-refractivity contribution is -0.120. The smallest absolute Gasteiger partial charge is 0.243 e. The third-order valence-electron chi connectivity index (χ3n) is 5.16. The highest BCUT2D eigenvalue weighted by Crippen LogP contribution is 2.22. The van der Waals surface area contributed by atoms with Crippen molar-refractivity contribution in [3.05, 3.63) is 59.2 Å². The molecule has 0 atom stereocenters. The molecule has 0 radical (unpaired) electrons. The molecule has 6 nitrogen and oxygen atoms in total. The molecule has 2 aromatic carbocycles. The quantitative estimate of drug-likeness (QED) is 0.672. The second kappa shape index (κ2) is 9.41. The fourth-order valence-corrected chi connectivity index (χ4v) is 4.82. The molecule has 7 heteroatoms. The van der Waals surface area contributed by atoms with Crippen LogP contribution in [0.4, 0.5) is 0 Å². The first kappa shape index (κ1) is 21.3. The van der Waals surface area contributed by atoms with Gasteiger partial charge in [0.25, 0.3) is 0 Å². The van der Waals surface area contributed by atoms with Gasteiger partial charge in [0.1, 0.15) is 12.4 Å². The van der Waals surface area contributed by atoms with Crippen LogP contribution < -0.4 is 10.1 Å². The van der Waals surface area contributed by atoms with E-state index in [1.165, 1.54) is 15.4 Å². The predicted molar refractivity (Wildman–Crippen MR) is 113 cm³/mol. The minimum atomic E-state index is -3.41. The van der Waals surface area contributed by atoms with Crippen molar-refractivity contribution >= 4 is 15.9 Å². The van der Waals surface area contributed by atoms with E-state index in [-0.39, 0.29) is 10.8 Å². The number of nitrogens with one attached hydrogen (secondary N) is 1. The average Bonchev–Trinajstić information content (AvgIpc) is 3.24. The molecule has 0 bridgehead atoms. The van der Waals surface area contributed by atoms with E-state index in [4.69, 9.17) is 4.74 Å². The van der Waals surface area contributed by atoms with Crippen LogP contribution in [0, 0.1) is 13.8 Å². The Morgan fingerprint density at radius 2 is 1.72 bits per heavy atom. The van der Waals surface area contributed by atoms with Gasteiger partial charge in [0.2, 0.25) is 15.9 Å². The summed E-state index contributed by atoms with van der Waals surface area (Å²) in [5.41, 5.74) is 3.37. The van der Waals surface area contributed by atoms with Gasteiger partial charge in [-0.25, -0.2) is 8.42 Å². The maximum atomic E-state index is 12.5. The highest BCUT2D eigenvalue weighted by molar-refractivity contribution is 7.89. The molecule has 156 valence electrons. The van der Waals surface area contributed by atoms with Crippen LogP contribution in [0.3, 0.4) is 0 Å². The van der Waals surface area contributed by atoms with Gasteiger partial charge in [-0.15, -0.1) is 0 Å². The number of carbonyl (C=O) groups is 1. The molecule has 3 rings (SSSR count). The highest BCUT2D eigenvalue weighted by atomic mass is 32.2. The molecule has 0 unspecified atom stereocenters. The Balaban J connectivity index is 1.43. The summed E-state index contributed by atoms with van der Waals surface area (Å²) >= 11 is 0. The predicted octanol–water partition coefficient (Wildman–Crippen LogP) is 2.83. The summed E-state index contributed by atoms with van der Waals surface area (Å²) in [6.07, 6.45) is 2.16. The first-order valence-electron chi connectivity index (χ1n) is 9.92. The third-order valence-corrected chi connectivity index (χ3v) is 7.07. The van der Waals surface area contributed by atoms with Crippen LogP contribution in [0.5, 0.6) is 5.75 Å². The summed E-state index contributed by atoms with van der Waals surface area (Å²) in [4.78, 5) is 12.3. The molecule has 1 fully saturated rings. The SMILES string of the molecule is Cc1ccc(CC(=O)NCCOc2ccc(S(=O)(=O)N3CCCC3)cc2)cc1C. The summed E-state index contributed by atoms with van der Waals surface area (Å²) in [6.45, 7) is 5.95. The second-order valence-electron chi connectivity index (χ2n) is 7.38. The minimum Gasteiger partial charge on any atom is -0.492 e. The van der Waals surface area contributed by atoms with Gasteiger partial charge in [0, 0.05) is 13.1 Å². The van der Waals surface area contributed by atoms with Crippen LogP contribution in [0.2, 0.25) is 0 Å². The van der Waals surface area contributed by atoms with Gasteiger partial charge in [-0.05, 0) is 67.6 Å². The van der Waals surface area contributed by atoms with Crippen molar-refractivity contribution in [3.8, 4) is 5.75 Å². The van der Waals surface area contributed by atoms with E-state index in [2.05, 4.69) is 5.32 Å². The van der Waals surface area contributed by atoms with Crippen molar-refractivity contribution < 1.29 is 17.9 Å². The zero-order valence-electron chi connectivity index (χ0n) is 17.0. The average molecular weight is 417 g/mol. The Kier molecular flexibility index (Phi) is 6.92. The number of sulfonamides is 1. The van der Waals surface area contributed by atoms with E-state index in [1.54, 1.807) is 24.3 Å². The molecule has 1 aliphatic rings. The number of hydrogen-bond acceptors (Lipinski definition) is 4. The Bertz CT molecular complexity index is 949. The maximum Gasteiger partial charge on any atom is 0.243 e.